The monoisotopic (exact) mass is 399 g/mol. The van der Waals surface area contributed by atoms with Crippen LogP contribution in [0.1, 0.15) is 34.1 Å². The predicted molar refractivity (Wildman–Crippen MR) is 87.9 cm³/mol. The SMILES string of the molecule is CC(C)[Si](O)(CCCNC(=O)Oc1c(F)c(F)c(F)c(F)c1F)C(C)C. The molecule has 26 heavy (non-hydrogen) atoms. The summed E-state index contributed by atoms with van der Waals surface area (Å²) >= 11 is 0. The number of rotatable bonds is 7. The molecule has 0 aliphatic rings. The van der Waals surface area contributed by atoms with Gasteiger partial charge >= 0.3 is 6.09 Å². The molecule has 0 unspecified atom stereocenters. The third-order valence-corrected chi connectivity index (χ3v) is 9.54. The maximum atomic E-state index is 13.4. The highest BCUT2D eigenvalue weighted by Crippen LogP contribution is 2.34. The van der Waals surface area contributed by atoms with Crippen LogP contribution >= 0.6 is 0 Å². The second-order valence-electron chi connectivity index (χ2n) is 6.62. The van der Waals surface area contributed by atoms with Gasteiger partial charge in [-0.25, -0.2) is 18.0 Å². The van der Waals surface area contributed by atoms with Gasteiger partial charge in [0, 0.05) is 6.54 Å². The lowest BCUT2D eigenvalue weighted by Gasteiger charge is -2.33. The lowest BCUT2D eigenvalue weighted by molar-refractivity contribution is 0.193. The molecule has 148 valence electrons. The Morgan fingerprint density at radius 2 is 1.38 bits per heavy atom. The Hall–Kier alpha value is -1.68. The molecule has 1 aromatic rings. The van der Waals surface area contributed by atoms with E-state index in [1.165, 1.54) is 0 Å². The first-order chi connectivity index (χ1) is 11.9. The van der Waals surface area contributed by atoms with Crippen LogP contribution in [0.15, 0.2) is 0 Å². The molecule has 0 radical (unpaired) electrons. The topological polar surface area (TPSA) is 58.6 Å². The predicted octanol–water partition coefficient (Wildman–Crippen LogP) is 4.62. The van der Waals surface area contributed by atoms with Gasteiger partial charge in [-0.05, 0) is 23.5 Å². The van der Waals surface area contributed by atoms with Gasteiger partial charge in [-0.1, -0.05) is 27.7 Å². The fourth-order valence-electron chi connectivity index (χ4n) is 2.61. The van der Waals surface area contributed by atoms with Gasteiger partial charge < -0.3 is 14.8 Å². The van der Waals surface area contributed by atoms with Crippen LogP contribution in [0.4, 0.5) is 26.7 Å². The fraction of sp³-hybridized carbons (Fsp3) is 0.562. The summed E-state index contributed by atoms with van der Waals surface area (Å²) in [7, 11) is -2.54. The number of amides is 1. The first kappa shape index (κ1) is 22.4. The largest absolute Gasteiger partial charge is 0.431 e. The molecule has 0 saturated carbocycles. The van der Waals surface area contributed by atoms with E-state index in [9.17, 15) is 31.5 Å². The molecule has 0 aromatic heterocycles. The molecular weight excluding hydrogens is 377 g/mol. The number of hydrogen-bond donors (Lipinski definition) is 2. The van der Waals surface area contributed by atoms with Crippen molar-refractivity contribution in [3.8, 4) is 5.75 Å². The van der Waals surface area contributed by atoms with Crippen molar-refractivity contribution in [2.24, 2.45) is 0 Å². The minimum absolute atomic E-state index is 0.0168. The minimum atomic E-state index is -2.54. The van der Waals surface area contributed by atoms with Crippen molar-refractivity contribution in [3.05, 3.63) is 29.1 Å². The Labute approximate surface area is 149 Å². The molecule has 0 bridgehead atoms. The summed E-state index contributed by atoms with van der Waals surface area (Å²) in [5, 5.41) is 2.17. The van der Waals surface area contributed by atoms with Crippen molar-refractivity contribution in [1.82, 2.24) is 5.32 Å². The van der Waals surface area contributed by atoms with Crippen molar-refractivity contribution in [2.75, 3.05) is 6.54 Å². The lowest BCUT2D eigenvalue weighted by atomic mass is 10.2. The number of benzene rings is 1. The Balaban J connectivity index is 2.67. The van der Waals surface area contributed by atoms with E-state index in [1.54, 1.807) is 0 Å². The Kier molecular flexibility index (Phi) is 7.57. The summed E-state index contributed by atoms with van der Waals surface area (Å²) in [4.78, 5) is 22.3. The van der Waals surface area contributed by atoms with Crippen LogP contribution < -0.4 is 10.1 Å². The second kappa shape index (κ2) is 8.80. The summed E-state index contributed by atoms with van der Waals surface area (Å²) in [5.41, 5.74) is 0.200. The summed E-state index contributed by atoms with van der Waals surface area (Å²) < 4.78 is 70.1. The number of hydrogen-bond acceptors (Lipinski definition) is 3. The molecule has 0 fully saturated rings. The van der Waals surface area contributed by atoms with Crippen LogP contribution in [0.2, 0.25) is 17.1 Å². The van der Waals surface area contributed by atoms with E-state index in [1.807, 2.05) is 27.7 Å². The van der Waals surface area contributed by atoms with Crippen LogP contribution in [-0.2, 0) is 0 Å². The van der Waals surface area contributed by atoms with Gasteiger partial charge in [0.05, 0.1) is 0 Å². The molecular formula is C16H22F5NO3Si. The van der Waals surface area contributed by atoms with Crippen LogP contribution in [0.5, 0.6) is 5.75 Å². The van der Waals surface area contributed by atoms with Gasteiger partial charge in [0.15, 0.2) is 8.32 Å². The zero-order valence-corrected chi connectivity index (χ0v) is 15.9. The van der Waals surface area contributed by atoms with Crippen LogP contribution in [-0.4, -0.2) is 25.8 Å². The van der Waals surface area contributed by atoms with E-state index >= 15 is 0 Å². The molecule has 0 atom stereocenters. The molecule has 1 amide bonds. The number of ether oxygens (including phenoxy) is 1. The number of halogens is 5. The molecule has 2 N–H and O–H groups in total. The molecule has 0 aliphatic heterocycles. The summed E-state index contributed by atoms with van der Waals surface area (Å²) in [6, 6.07) is 0.477. The molecule has 1 rings (SSSR count). The van der Waals surface area contributed by atoms with Gasteiger partial charge in [-0.15, -0.1) is 0 Å². The molecule has 0 heterocycles. The molecule has 4 nitrogen and oxygen atoms in total. The van der Waals surface area contributed by atoms with Crippen molar-refractivity contribution in [3.63, 3.8) is 0 Å². The highest BCUT2D eigenvalue weighted by molar-refractivity contribution is 6.75. The lowest BCUT2D eigenvalue weighted by Crippen LogP contribution is -2.42. The minimum Gasteiger partial charge on any atom is -0.431 e. The second-order valence-corrected chi connectivity index (χ2v) is 11.4. The highest BCUT2D eigenvalue weighted by atomic mass is 28.4. The van der Waals surface area contributed by atoms with E-state index < -0.39 is 49.2 Å². The summed E-state index contributed by atoms with van der Waals surface area (Å²) in [6.45, 7) is 7.67. The van der Waals surface area contributed by atoms with Crippen molar-refractivity contribution in [1.29, 1.82) is 0 Å². The van der Waals surface area contributed by atoms with Crippen molar-refractivity contribution >= 4 is 14.4 Å². The van der Waals surface area contributed by atoms with E-state index in [0.717, 1.165) is 0 Å². The van der Waals surface area contributed by atoms with Gasteiger partial charge in [0.1, 0.15) is 0 Å². The summed E-state index contributed by atoms with van der Waals surface area (Å²) in [5.74, 6) is -12.8. The first-order valence-corrected chi connectivity index (χ1v) is 10.4. The number of nitrogens with one attached hydrogen (secondary N) is 1. The number of carbonyl (C=O) groups excluding carboxylic acids is 1. The van der Waals surface area contributed by atoms with Gasteiger partial charge in [-0.2, -0.15) is 8.78 Å². The molecule has 0 aliphatic carbocycles. The normalized spacial score (nSPS) is 12.0. The highest BCUT2D eigenvalue weighted by Gasteiger charge is 2.37. The Morgan fingerprint density at radius 1 is 0.962 bits per heavy atom. The molecule has 10 heteroatoms. The molecule has 1 aromatic carbocycles. The van der Waals surface area contributed by atoms with Crippen LogP contribution in [0, 0.1) is 29.1 Å². The van der Waals surface area contributed by atoms with E-state index in [-0.39, 0.29) is 17.6 Å². The first-order valence-electron chi connectivity index (χ1n) is 8.12. The third-order valence-electron chi connectivity index (χ3n) is 4.39. The average molecular weight is 399 g/mol. The zero-order chi connectivity index (χ0) is 20.2. The van der Waals surface area contributed by atoms with E-state index in [0.29, 0.717) is 12.5 Å². The number of carbonyl (C=O) groups is 1. The zero-order valence-electron chi connectivity index (χ0n) is 14.9. The van der Waals surface area contributed by atoms with E-state index in [2.05, 4.69) is 10.1 Å². The molecule has 0 saturated heterocycles. The smallest absolute Gasteiger partial charge is 0.412 e. The van der Waals surface area contributed by atoms with E-state index in [4.69, 9.17) is 0 Å². The van der Waals surface area contributed by atoms with Crippen LogP contribution in [0.25, 0.3) is 0 Å². The standard InChI is InChI=1S/C16H22F5NO3Si/c1-8(2)26(24,9(3)4)7-5-6-22-16(23)25-15-13(20)11(18)10(17)12(19)14(15)21/h8-9,24H,5-7H2,1-4H3,(H,22,23). The van der Waals surface area contributed by atoms with Gasteiger partial charge in [0.25, 0.3) is 0 Å². The van der Waals surface area contributed by atoms with Gasteiger partial charge in [-0.3, -0.25) is 0 Å². The van der Waals surface area contributed by atoms with Crippen molar-refractivity contribution < 1.29 is 36.3 Å². The van der Waals surface area contributed by atoms with Crippen molar-refractivity contribution in [2.45, 2.75) is 51.2 Å². The third kappa shape index (κ3) is 4.73. The maximum absolute atomic E-state index is 13.4. The summed E-state index contributed by atoms with van der Waals surface area (Å²) in [6.07, 6.45) is -0.974. The van der Waals surface area contributed by atoms with Gasteiger partial charge in [0.2, 0.25) is 34.8 Å². The fourth-order valence-corrected chi connectivity index (χ4v) is 5.84. The Morgan fingerprint density at radius 3 is 1.81 bits per heavy atom. The maximum Gasteiger partial charge on any atom is 0.412 e. The quantitative estimate of drug-likeness (QED) is 0.231. The molecule has 0 spiro atoms. The average Bonchev–Trinajstić information content (AvgIpc) is 2.58. The Bertz CT molecular complexity index is 633. The van der Waals surface area contributed by atoms with Crippen LogP contribution in [0.3, 0.4) is 0 Å².